The first-order valence-corrected chi connectivity index (χ1v) is 5.63. The number of hydrogen-bond donors (Lipinski definition) is 1. The molecule has 1 rings (SSSR count). The van der Waals surface area contributed by atoms with Crippen molar-refractivity contribution in [2.45, 2.75) is 26.7 Å². The van der Waals surface area contributed by atoms with Gasteiger partial charge in [0.2, 0.25) is 5.91 Å². The third-order valence-corrected chi connectivity index (χ3v) is 2.53. The van der Waals surface area contributed by atoms with E-state index in [0.29, 0.717) is 5.75 Å². The van der Waals surface area contributed by atoms with E-state index in [4.69, 9.17) is 4.74 Å². The highest BCUT2D eigenvalue weighted by molar-refractivity contribution is 5.93. The van der Waals surface area contributed by atoms with Crippen LogP contribution in [0.15, 0.2) is 24.3 Å². The van der Waals surface area contributed by atoms with E-state index in [2.05, 4.69) is 12.2 Å². The summed E-state index contributed by atoms with van der Waals surface area (Å²) in [4.78, 5) is 11.8. The molecule has 0 aliphatic carbocycles. The Morgan fingerprint density at radius 1 is 1.44 bits per heavy atom. The second kappa shape index (κ2) is 6.16. The predicted octanol–water partition coefficient (Wildman–Crippen LogP) is 3.07. The molecule has 0 radical (unpaired) electrons. The Morgan fingerprint density at radius 2 is 2.12 bits per heavy atom. The van der Waals surface area contributed by atoms with Crippen LogP contribution in [0.5, 0.6) is 5.75 Å². The lowest BCUT2D eigenvalue weighted by atomic mass is 10.1. The molecular weight excluding hydrogens is 202 g/mol. The Balaban J connectivity index is 2.69. The quantitative estimate of drug-likeness (QED) is 0.829. The molecule has 1 unspecified atom stereocenters. The molecule has 0 saturated carbocycles. The number of hydrogen-bond acceptors (Lipinski definition) is 2. The summed E-state index contributed by atoms with van der Waals surface area (Å²) in [6.07, 6.45) is 1.92. The van der Waals surface area contributed by atoms with E-state index < -0.39 is 0 Å². The number of methoxy groups -OCH3 is 1. The van der Waals surface area contributed by atoms with Crippen molar-refractivity contribution in [1.82, 2.24) is 0 Å². The highest BCUT2D eigenvalue weighted by Gasteiger charge is 2.13. The SMILES string of the molecule is CCCC(C)C(=O)Nc1ccccc1OC. The Hall–Kier alpha value is -1.51. The standard InChI is InChI=1S/C13H19NO2/c1-4-7-10(2)13(15)14-11-8-5-6-9-12(11)16-3/h5-6,8-10H,4,7H2,1-3H3,(H,14,15). The van der Waals surface area contributed by atoms with Crippen LogP contribution < -0.4 is 10.1 Å². The maximum atomic E-state index is 11.8. The zero-order chi connectivity index (χ0) is 12.0. The van der Waals surface area contributed by atoms with E-state index >= 15 is 0 Å². The zero-order valence-corrected chi connectivity index (χ0v) is 10.1. The van der Waals surface area contributed by atoms with Crippen LogP contribution in [0.25, 0.3) is 0 Å². The fraction of sp³-hybridized carbons (Fsp3) is 0.462. The third kappa shape index (κ3) is 3.26. The van der Waals surface area contributed by atoms with Crippen LogP contribution in [0, 0.1) is 5.92 Å². The van der Waals surface area contributed by atoms with Crippen molar-refractivity contribution in [3.8, 4) is 5.75 Å². The molecule has 1 N–H and O–H groups in total. The maximum absolute atomic E-state index is 11.8. The molecule has 16 heavy (non-hydrogen) atoms. The number of benzene rings is 1. The molecule has 0 heterocycles. The number of para-hydroxylation sites is 2. The largest absolute Gasteiger partial charge is 0.495 e. The van der Waals surface area contributed by atoms with E-state index in [1.54, 1.807) is 7.11 Å². The molecule has 0 aliphatic rings. The summed E-state index contributed by atoms with van der Waals surface area (Å²) in [5.41, 5.74) is 0.734. The molecular formula is C13H19NO2. The summed E-state index contributed by atoms with van der Waals surface area (Å²) in [7, 11) is 1.60. The highest BCUT2D eigenvalue weighted by Crippen LogP contribution is 2.23. The molecule has 3 nitrogen and oxygen atoms in total. The second-order valence-electron chi connectivity index (χ2n) is 3.88. The minimum absolute atomic E-state index is 0.0370. The summed E-state index contributed by atoms with van der Waals surface area (Å²) < 4.78 is 5.17. The molecule has 1 aromatic rings. The average Bonchev–Trinajstić information content (AvgIpc) is 2.30. The van der Waals surface area contributed by atoms with E-state index in [1.165, 1.54) is 0 Å². The lowest BCUT2D eigenvalue weighted by molar-refractivity contribution is -0.119. The van der Waals surface area contributed by atoms with Gasteiger partial charge in [-0.05, 0) is 18.6 Å². The molecule has 1 aromatic carbocycles. The van der Waals surface area contributed by atoms with Crippen molar-refractivity contribution in [3.05, 3.63) is 24.3 Å². The third-order valence-electron chi connectivity index (χ3n) is 2.53. The molecule has 3 heteroatoms. The van der Waals surface area contributed by atoms with Crippen LogP contribution in [0.3, 0.4) is 0 Å². The minimum atomic E-state index is 0.0370. The molecule has 1 atom stereocenters. The summed E-state index contributed by atoms with van der Waals surface area (Å²) >= 11 is 0. The van der Waals surface area contributed by atoms with E-state index in [0.717, 1.165) is 18.5 Å². The van der Waals surface area contributed by atoms with Gasteiger partial charge in [0.15, 0.2) is 0 Å². The molecule has 0 aliphatic heterocycles. The van der Waals surface area contributed by atoms with Crippen molar-refractivity contribution in [1.29, 1.82) is 0 Å². The first kappa shape index (κ1) is 12.6. The van der Waals surface area contributed by atoms with Crippen LogP contribution in [0.4, 0.5) is 5.69 Å². The first-order chi connectivity index (χ1) is 7.69. The summed E-state index contributed by atoms with van der Waals surface area (Å²) in [6.45, 7) is 4.02. The molecule has 0 saturated heterocycles. The van der Waals surface area contributed by atoms with Crippen molar-refractivity contribution in [2.75, 3.05) is 12.4 Å². The smallest absolute Gasteiger partial charge is 0.227 e. The predicted molar refractivity (Wildman–Crippen MR) is 65.7 cm³/mol. The molecule has 1 amide bonds. The zero-order valence-electron chi connectivity index (χ0n) is 10.1. The summed E-state index contributed by atoms with van der Waals surface area (Å²) in [6, 6.07) is 7.43. The first-order valence-electron chi connectivity index (χ1n) is 5.63. The van der Waals surface area contributed by atoms with E-state index in [9.17, 15) is 4.79 Å². The van der Waals surface area contributed by atoms with Gasteiger partial charge in [0.1, 0.15) is 5.75 Å². The minimum Gasteiger partial charge on any atom is -0.495 e. The molecule has 0 bridgehead atoms. The number of anilines is 1. The number of nitrogens with one attached hydrogen (secondary N) is 1. The van der Waals surface area contributed by atoms with Crippen LogP contribution >= 0.6 is 0 Å². The normalized spacial score (nSPS) is 11.9. The van der Waals surface area contributed by atoms with Gasteiger partial charge >= 0.3 is 0 Å². The molecule has 88 valence electrons. The van der Waals surface area contributed by atoms with Gasteiger partial charge in [-0.3, -0.25) is 4.79 Å². The molecule has 0 aromatic heterocycles. The lowest BCUT2D eigenvalue weighted by Gasteiger charge is -2.13. The Bertz CT molecular complexity index is 350. The Labute approximate surface area is 96.8 Å². The van der Waals surface area contributed by atoms with Crippen molar-refractivity contribution in [2.24, 2.45) is 5.92 Å². The van der Waals surface area contributed by atoms with E-state index in [-0.39, 0.29) is 11.8 Å². The number of rotatable bonds is 5. The van der Waals surface area contributed by atoms with Crippen molar-refractivity contribution in [3.63, 3.8) is 0 Å². The molecule has 0 fully saturated rings. The van der Waals surface area contributed by atoms with Crippen LogP contribution in [0.1, 0.15) is 26.7 Å². The summed E-state index contributed by atoms with van der Waals surface area (Å²) in [5.74, 6) is 0.779. The van der Waals surface area contributed by atoms with Gasteiger partial charge in [-0.2, -0.15) is 0 Å². The van der Waals surface area contributed by atoms with Crippen molar-refractivity contribution < 1.29 is 9.53 Å². The second-order valence-corrected chi connectivity index (χ2v) is 3.88. The van der Waals surface area contributed by atoms with Gasteiger partial charge < -0.3 is 10.1 Å². The van der Waals surface area contributed by atoms with Crippen molar-refractivity contribution >= 4 is 11.6 Å². The monoisotopic (exact) mass is 221 g/mol. The fourth-order valence-corrected chi connectivity index (χ4v) is 1.57. The molecule has 0 spiro atoms. The average molecular weight is 221 g/mol. The van der Waals surface area contributed by atoms with E-state index in [1.807, 2.05) is 31.2 Å². The van der Waals surface area contributed by atoms with Gasteiger partial charge in [0.05, 0.1) is 12.8 Å². The van der Waals surface area contributed by atoms with Crippen LogP contribution in [0.2, 0.25) is 0 Å². The Kier molecular flexibility index (Phi) is 4.83. The topological polar surface area (TPSA) is 38.3 Å². The lowest BCUT2D eigenvalue weighted by Crippen LogP contribution is -2.20. The highest BCUT2D eigenvalue weighted by atomic mass is 16.5. The van der Waals surface area contributed by atoms with Crippen LogP contribution in [-0.2, 0) is 4.79 Å². The van der Waals surface area contributed by atoms with Gasteiger partial charge in [-0.15, -0.1) is 0 Å². The summed E-state index contributed by atoms with van der Waals surface area (Å²) in [5, 5.41) is 2.88. The van der Waals surface area contributed by atoms with Gasteiger partial charge in [-0.25, -0.2) is 0 Å². The van der Waals surface area contributed by atoms with Crippen LogP contribution in [-0.4, -0.2) is 13.0 Å². The number of ether oxygens (including phenoxy) is 1. The number of carbonyl (C=O) groups is 1. The van der Waals surface area contributed by atoms with Gasteiger partial charge in [0.25, 0.3) is 0 Å². The fourth-order valence-electron chi connectivity index (χ4n) is 1.57. The van der Waals surface area contributed by atoms with Gasteiger partial charge in [-0.1, -0.05) is 32.4 Å². The number of carbonyl (C=O) groups excluding carboxylic acids is 1. The number of amides is 1. The Morgan fingerprint density at radius 3 is 2.75 bits per heavy atom. The van der Waals surface area contributed by atoms with Gasteiger partial charge in [0, 0.05) is 5.92 Å². The maximum Gasteiger partial charge on any atom is 0.227 e.